The molecule has 1 aliphatic heterocycles. The second-order valence-electron chi connectivity index (χ2n) is 4.39. The van der Waals surface area contributed by atoms with Crippen LogP contribution in [0.2, 0.25) is 0 Å². The van der Waals surface area contributed by atoms with Gasteiger partial charge in [-0.1, -0.05) is 48.6 Å². The number of nitrogens with one attached hydrogen (secondary N) is 1. The largest absolute Gasteiger partial charge is 0.473 e. The van der Waals surface area contributed by atoms with Gasteiger partial charge in [0.1, 0.15) is 0 Å². The zero-order valence-corrected chi connectivity index (χ0v) is 11.0. The van der Waals surface area contributed by atoms with Crippen LogP contribution in [-0.4, -0.2) is 4.98 Å². The Morgan fingerprint density at radius 1 is 0.600 bits per heavy atom. The quantitative estimate of drug-likeness (QED) is 0.610. The van der Waals surface area contributed by atoms with Gasteiger partial charge in [-0.25, -0.2) is 0 Å². The van der Waals surface area contributed by atoms with Crippen LogP contribution in [-0.2, 0) is 4.74 Å². The molecule has 0 spiro atoms. The molecule has 0 bridgehead atoms. The minimum absolute atomic E-state index is 1.21. The summed E-state index contributed by atoms with van der Waals surface area (Å²) in [4.78, 5) is 3.38. The number of aromatic nitrogens is 1. The number of fused-ring (bicyclic) bond motifs is 3. The first-order valence-electron chi connectivity index (χ1n) is 6.54. The summed E-state index contributed by atoms with van der Waals surface area (Å²) < 4.78 is 4.77. The van der Waals surface area contributed by atoms with E-state index < -0.39 is 0 Å². The summed E-state index contributed by atoms with van der Waals surface area (Å²) in [5.74, 6) is 0. The Hall–Kier alpha value is -2.74. The molecule has 0 amide bonds. The number of aromatic amines is 1. The summed E-state index contributed by atoms with van der Waals surface area (Å²) >= 11 is 0. The van der Waals surface area contributed by atoms with Gasteiger partial charge in [0, 0.05) is 21.8 Å². The third-order valence-electron chi connectivity index (χ3n) is 3.06. The number of H-pyrrole nitrogens is 1. The molecule has 20 heavy (non-hydrogen) atoms. The molecular weight excluding hydrogens is 246 g/mol. The Kier molecular flexibility index (Phi) is 3.65. The molecule has 1 aliphatic rings. The zero-order chi connectivity index (χ0) is 13.6. The number of para-hydroxylation sites is 2. The van der Waals surface area contributed by atoms with Gasteiger partial charge in [-0.15, -0.1) is 0 Å². The summed E-state index contributed by atoms with van der Waals surface area (Å²) in [5, 5.41) is 2.61. The van der Waals surface area contributed by atoms with Crippen LogP contribution in [0.5, 0.6) is 0 Å². The summed E-state index contributed by atoms with van der Waals surface area (Å²) in [7, 11) is 0. The summed E-state index contributed by atoms with van der Waals surface area (Å²) in [6, 6.07) is 16.8. The van der Waals surface area contributed by atoms with Crippen molar-refractivity contribution >= 4 is 21.8 Å². The third-order valence-corrected chi connectivity index (χ3v) is 3.06. The third kappa shape index (κ3) is 2.64. The van der Waals surface area contributed by atoms with Gasteiger partial charge in [-0.05, 0) is 24.3 Å². The van der Waals surface area contributed by atoms with Gasteiger partial charge in [0.2, 0.25) is 0 Å². The molecule has 0 saturated heterocycles. The van der Waals surface area contributed by atoms with Crippen LogP contribution in [0, 0.1) is 0 Å². The molecule has 2 aromatic carbocycles. The molecule has 0 aliphatic carbocycles. The molecule has 1 aromatic heterocycles. The minimum atomic E-state index is 1.21. The predicted octanol–water partition coefficient (Wildman–Crippen LogP) is 4.92. The van der Waals surface area contributed by atoms with E-state index in [1.54, 1.807) is 12.5 Å². The molecule has 3 aromatic rings. The average molecular weight is 261 g/mol. The van der Waals surface area contributed by atoms with Crippen molar-refractivity contribution in [3.8, 4) is 0 Å². The monoisotopic (exact) mass is 261 g/mol. The second kappa shape index (κ2) is 5.93. The maximum atomic E-state index is 4.77. The van der Waals surface area contributed by atoms with Crippen molar-refractivity contribution in [2.75, 3.05) is 0 Å². The molecule has 2 nitrogen and oxygen atoms in total. The summed E-state index contributed by atoms with van der Waals surface area (Å²) in [6.45, 7) is 0. The van der Waals surface area contributed by atoms with Crippen LogP contribution in [0.25, 0.3) is 21.8 Å². The first-order chi connectivity index (χ1) is 9.95. The van der Waals surface area contributed by atoms with Crippen molar-refractivity contribution in [3.63, 3.8) is 0 Å². The Balaban J connectivity index is 0.000000147. The van der Waals surface area contributed by atoms with E-state index in [4.69, 9.17) is 4.74 Å². The lowest BCUT2D eigenvalue weighted by atomic mass is 10.2. The fraction of sp³-hybridized carbons (Fsp3) is 0. The van der Waals surface area contributed by atoms with Crippen molar-refractivity contribution < 1.29 is 4.74 Å². The molecule has 1 N–H and O–H groups in total. The lowest BCUT2D eigenvalue weighted by molar-refractivity contribution is 0.404. The number of benzene rings is 2. The molecule has 0 saturated carbocycles. The Labute approximate surface area is 117 Å². The first kappa shape index (κ1) is 12.3. The van der Waals surface area contributed by atoms with Gasteiger partial charge >= 0.3 is 0 Å². The van der Waals surface area contributed by atoms with Crippen molar-refractivity contribution in [2.24, 2.45) is 0 Å². The van der Waals surface area contributed by atoms with Gasteiger partial charge in [-0.2, -0.15) is 0 Å². The average Bonchev–Trinajstić information content (AvgIpc) is 2.68. The molecule has 2 heteroatoms. The van der Waals surface area contributed by atoms with Crippen LogP contribution in [0.15, 0.2) is 85.4 Å². The highest BCUT2D eigenvalue weighted by Crippen LogP contribution is 2.24. The van der Waals surface area contributed by atoms with Crippen molar-refractivity contribution in [1.82, 2.24) is 4.98 Å². The van der Waals surface area contributed by atoms with Crippen molar-refractivity contribution in [1.29, 1.82) is 0 Å². The van der Waals surface area contributed by atoms with Gasteiger partial charge in [0.15, 0.2) is 0 Å². The molecule has 4 rings (SSSR count). The summed E-state index contributed by atoms with van der Waals surface area (Å²) in [6.07, 6.45) is 10.7. The van der Waals surface area contributed by atoms with Crippen LogP contribution in [0.4, 0.5) is 0 Å². The Morgan fingerprint density at radius 2 is 1.10 bits per heavy atom. The summed E-state index contributed by atoms with van der Waals surface area (Å²) in [5.41, 5.74) is 2.42. The number of rotatable bonds is 0. The van der Waals surface area contributed by atoms with Gasteiger partial charge < -0.3 is 9.72 Å². The normalized spacial score (nSPS) is 12.8. The van der Waals surface area contributed by atoms with Gasteiger partial charge in [0.25, 0.3) is 0 Å². The van der Waals surface area contributed by atoms with E-state index in [9.17, 15) is 0 Å². The van der Waals surface area contributed by atoms with E-state index in [2.05, 4.69) is 53.5 Å². The smallest absolute Gasteiger partial charge is 0.0901 e. The first-order valence-corrected chi connectivity index (χ1v) is 6.54. The van der Waals surface area contributed by atoms with E-state index >= 15 is 0 Å². The predicted molar refractivity (Wildman–Crippen MR) is 84.3 cm³/mol. The zero-order valence-electron chi connectivity index (χ0n) is 11.0. The molecule has 2 heterocycles. The molecule has 0 unspecified atom stereocenters. The lowest BCUT2D eigenvalue weighted by Gasteiger charge is -1.87. The van der Waals surface area contributed by atoms with Crippen LogP contribution in [0.3, 0.4) is 0 Å². The van der Waals surface area contributed by atoms with E-state index in [0.717, 1.165) is 0 Å². The number of allylic oxidation sites excluding steroid dienone is 4. The topological polar surface area (TPSA) is 25.0 Å². The highest BCUT2D eigenvalue weighted by molar-refractivity contribution is 6.06. The second-order valence-corrected chi connectivity index (χ2v) is 4.39. The fourth-order valence-corrected chi connectivity index (χ4v) is 2.15. The van der Waals surface area contributed by atoms with E-state index in [1.807, 2.05) is 24.3 Å². The van der Waals surface area contributed by atoms with Gasteiger partial charge in [0.05, 0.1) is 12.5 Å². The van der Waals surface area contributed by atoms with E-state index in [1.165, 1.54) is 21.8 Å². The molecule has 0 fully saturated rings. The number of hydrogen-bond donors (Lipinski definition) is 1. The van der Waals surface area contributed by atoms with Crippen LogP contribution < -0.4 is 0 Å². The molecule has 98 valence electrons. The number of hydrogen-bond acceptors (Lipinski definition) is 1. The minimum Gasteiger partial charge on any atom is -0.473 e. The maximum Gasteiger partial charge on any atom is 0.0901 e. The van der Waals surface area contributed by atoms with Crippen LogP contribution >= 0.6 is 0 Å². The maximum absolute atomic E-state index is 4.77. The Morgan fingerprint density at radius 3 is 1.65 bits per heavy atom. The van der Waals surface area contributed by atoms with Gasteiger partial charge in [-0.3, -0.25) is 0 Å². The molecule has 0 radical (unpaired) electrons. The number of ether oxygens (including phenoxy) is 1. The van der Waals surface area contributed by atoms with Crippen LogP contribution in [0.1, 0.15) is 0 Å². The van der Waals surface area contributed by atoms with Crippen molar-refractivity contribution in [3.05, 3.63) is 85.4 Å². The molecule has 0 atom stereocenters. The van der Waals surface area contributed by atoms with E-state index in [-0.39, 0.29) is 0 Å². The fourth-order valence-electron chi connectivity index (χ4n) is 2.15. The van der Waals surface area contributed by atoms with E-state index in [0.29, 0.717) is 0 Å². The SMILES string of the molecule is C1=CC=COC=C1.c1ccc2c(c1)[nH]c1ccccc12. The highest BCUT2D eigenvalue weighted by Gasteiger charge is 2.00. The Bertz CT molecular complexity index is 729. The molecular formula is C18H15NO. The standard InChI is InChI=1S/C12H9N.C6H6O/c1-3-7-11-9(5-1)10-6-2-4-8-12(10)13-11;1-2-4-6-7-5-3-1/h1-8,13H;1-6H. The highest BCUT2D eigenvalue weighted by atomic mass is 16.5. The van der Waals surface area contributed by atoms with Crippen molar-refractivity contribution in [2.45, 2.75) is 0 Å². The lowest BCUT2D eigenvalue weighted by Crippen LogP contribution is -1.62.